The molecule has 134 valence electrons. The molecule has 0 spiro atoms. The van der Waals surface area contributed by atoms with Gasteiger partial charge < -0.3 is 13.9 Å². The van der Waals surface area contributed by atoms with Crippen LogP contribution in [0.15, 0.2) is 75.9 Å². The highest BCUT2D eigenvalue weighted by Gasteiger charge is 2.13. The molecule has 0 fully saturated rings. The Morgan fingerprint density at radius 1 is 1.00 bits per heavy atom. The minimum absolute atomic E-state index is 0.0268. The number of fused-ring (bicyclic) bond motifs is 3. The van der Waals surface area contributed by atoms with Crippen molar-refractivity contribution in [1.82, 2.24) is 0 Å². The van der Waals surface area contributed by atoms with E-state index in [0.29, 0.717) is 22.5 Å². The number of hydrogen-bond donors (Lipinski definition) is 0. The van der Waals surface area contributed by atoms with Gasteiger partial charge in [0.05, 0.1) is 12.7 Å². The van der Waals surface area contributed by atoms with Gasteiger partial charge in [-0.25, -0.2) is 9.59 Å². The van der Waals surface area contributed by atoms with Gasteiger partial charge in [0.1, 0.15) is 17.9 Å². The normalized spacial score (nSPS) is 10.9. The number of ether oxygens (including phenoxy) is 2. The standard InChI is InChI=1S/C22H16O5/c1-25-17-9-6-15(7-10-17)22(24)26-13-16-12-20(23)27-19-11-8-14-4-2-3-5-18(14)21(16)19/h2-12H,13H2,1H3. The van der Waals surface area contributed by atoms with Crippen LogP contribution in [0.3, 0.4) is 0 Å². The zero-order valence-electron chi connectivity index (χ0n) is 14.6. The molecule has 27 heavy (non-hydrogen) atoms. The van der Waals surface area contributed by atoms with Gasteiger partial charge in [-0.3, -0.25) is 0 Å². The highest BCUT2D eigenvalue weighted by Crippen LogP contribution is 2.28. The second-order valence-corrected chi connectivity index (χ2v) is 6.06. The Morgan fingerprint density at radius 3 is 2.56 bits per heavy atom. The van der Waals surface area contributed by atoms with Gasteiger partial charge in [-0.05, 0) is 41.1 Å². The van der Waals surface area contributed by atoms with Crippen LogP contribution in [-0.4, -0.2) is 13.1 Å². The number of esters is 1. The maximum atomic E-state index is 12.3. The second-order valence-electron chi connectivity index (χ2n) is 6.06. The van der Waals surface area contributed by atoms with Crippen molar-refractivity contribution >= 4 is 27.7 Å². The first-order valence-electron chi connectivity index (χ1n) is 8.41. The van der Waals surface area contributed by atoms with E-state index < -0.39 is 11.6 Å². The summed E-state index contributed by atoms with van der Waals surface area (Å²) in [6.45, 7) is -0.0268. The molecule has 0 aliphatic carbocycles. The molecular formula is C22H16O5. The van der Waals surface area contributed by atoms with E-state index in [2.05, 4.69) is 0 Å². The van der Waals surface area contributed by atoms with E-state index in [-0.39, 0.29) is 6.61 Å². The third-order valence-corrected chi connectivity index (χ3v) is 4.40. The lowest BCUT2D eigenvalue weighted by Gasteiger charge is -2.10. The topological polar surface area (TPSA) is 65.7 Å². The van der Waals surface area contributed by atoms with Gasteiger partial charge in [0.25, 0.3) is 0 Å². The van der Waals surface area contributed by atoms with Gasteiger partial charge in [-0.1, -0.05) is 30.3 Å². The van der Waals surface area contributed by atoms with Crippen LogP contribution in [0.2, 0.25) is 0 Å². The number of methoxy groups -OCH3 is 1. The lowest BCUT2D eigenvalue weighted by molar-refractivity contribution is 0.0474. The highest BCUT2D eigenvalue weighted by atomic mass is 16.5. The van der Waals surface area contributed by atoms with Crippen LogP contribution >= 0.6 is 0 Å². The minimum Gasteiger partial charge on any atom is -0.497 e. The first kappa shape index (κ1) is 16.8. The first-order chi connectivity index (χ1) is 13.2. The first-order valence-corrected chi connectivity index (χ1v) is 8.41. The Labute approximate surface area is 154 Å². The Morgan fingerprint density at radius 2 is 1.78 bits per heavy atom. The van der Waals surface area contributed by atoms with Gasteiger partial charge in [-0.2, -0.15) is 0 Å². The summed E-state index contributed by atoms with van der Waals surface area (Å²) < 4.78 is 15.8. The minimum atomic E-state index is -0.478. The molecule has 1 aromatic heterocycles. The van der Waals surface area contributed by atoms with Crippen LogP contribution in [0.5, 0.6) is 5.75 Å². The molecule has 0 unspecified atom stereocenters. The van der Waals surface area contributed by atoms with E-state index in [4.69, 9.17) is 13.9 Å². The molecule has 4 aromatic rings. The number of rotatable bonds is 4. The van der Waals surface area contributed by atoms with Crippen molar-refractivity contribution in [3.05, 3.63) is 88.3 Å². The third kappa shape index (κ3) is 3.27. The van der Waals surface area contributed by atoms with Crippen molar-refractivity contribution < 1.29 is 18.7 Å². The van der Waals surface area contributed by atoms with Crippen molar-refractivity contribution in [1.29, 1.82) is 0 Å². The molecule has 5 nitrogen and oxygen atoms in total. The van der Waals surface area contributed by atoms with E-state index in [0.717, 1.165) is 16.2 Å². The fourth-order valence-corrected chi connectivity index (χ4v) is 3.09. The molecule has 0 saturated carbocycles. The third-order valence-electron chi connectivity index (χ3n) is 4.40. The van der Waals surface area contributed by atoms with Crippen LogP contribution in [0.25, 0.3) is 21.7 Å². The molecule has 0 aliphatic rings. The van der Waals surface area contributed by atoms with Crippen molar-refractivity contribution in [2.75, 3.05) is 7.11 Å². The summed E-state index contributed by atoms with van der Waals surface area (Å²) in [4.78, 5) is 24.2. The summed E-state index contributed by atoms with van der Waals surface area (Å²) in [5.74, 6) is 0.184. The number of carbonyl (C=O) groups excluding carboxylic acids is 1. The summed E-state index contributed by atoms with van der Waals surface area (Å²) in [7, 11) is 1.56. The van der Waals surface area contributed by atoms with Crippen molar-refractivity contribution in [3.63, 3.8) is 0 Å². The zero-order chi connectivity index (χ0) is 18.8. The molecule has 5 heteroatoms. The van der Waals surface area contributed by atoms with E-state index >= 15 is 0 Å². The average molecular weight is 360 g/mol. The quantitative estimate of drug-likeness (QED) is 0.308. The maximum absolute atomic E-state index is 12.3. The fraction of sp³-hybridized carbons (Fsp3) is 0.0909. The lowest BCUT2D eigenvalue weighted by Crippen LogP contribution is -2.08. The van der Waals surface area contributed by atoms with Gasteiger partial charge in [-0.15, -0.1) is 0 Å². The predicted octanol–water partition coefficient (Wildman–Crippen LogP) is 4.31. The largest absolute Gasteiger partial charge is 0.497 e. The number of carbonyl (C=O) groups is 1. The van der Waals surface area contributed by atoms with E-state index in [1.54, 1.807) is 37.4 Å². The van der Waals surface area contributed by atoms with Gasteiger partial charge >= 0.3 is 11.6 Å². The summed E-state index contributed by atoms with van der Waals surface area (Å²) in [5.41, 5.74) is 1.01. The average Bonchev–Trinajstić information content (AvgIpc) is 2.71. The molecule has 1 heterocycles. The van der Waals surface area contributed by atoms with Crippen molar-refractivity contribution in [2.24, 2.45) is 0 Å². The van der Waals surface area contributed by atoms with Gasteiger partial charge in [0, 0.05) is 17.0 Å². The fourth-order valence-electron chi connectivity index (χ4n) is 3.09. The monoisotopic (exact) mass is 360 g/mol. The Balaban J connectivity index is 1.69. The molecular weight excluding hydrogens is 344 g/mol. The summed E-state index contributed by atoms with van der Waals surface area (Å²) in [5, 5.41) is 2.73. The van der Waals surface area contributed by atoms with E-state index in [9.17, 15) is 9.59 Å². The molecule has 0 atom stereocenters. The van der Waals surface area contributed by atoms with Crippen LogP contribution in [0.1, 0.15) is 15.9 Å². The van der Waals surface area contributed by atoms with Crippen LogP contribution in [-0.2, 0) is 11.3 Å². The van der Waals surface area contributed by atoms with Gasteiger partial charge in [0.15, 0.2) is 0 Å². The van der Waals surface area contributed by atoms with Crippen molar-refractivity contribution in [3.8, 4) is 5.75 Å². The van der Waals surface area contributed by atoms with E-state index in [1.807, 2.05) is 30.3 Å². The summed E-state index contributed by atoms with van der Waals surface area (Å²) in [6, 6.07) is 19.5. The smallest absolute Gasteiger partial charge is 0.338 e. The molecule has 4 rings (SSSR count). The van der Waals surface area contributed by atoms with Crippen LogP contribution in [0, 0.1) is 0 Å². The van der Waals surface area contributed by atoms with Crippen LogP contribution < -0.4 is 10.4 Å². The SMILES string of the molecule is COc1ccc(C(=O)OCc2cc(=O)oc3ccc4ccccc4c23)cc1. The van der Waals surface area contributed by atoms with E-state index in [1.165, 1.54) is 6.07 Å². The molecule has 0 saturated heterocycles. The summed E-state index contributed by atoms with van der Waals surface area (Å²) >= 11 is 0. The zero-order valence-corrected chi connectivity index (χ0v) is 14.6. The van der Waals surface area contributed by atoms with Crippen molar-refractivity contribution in [2.45, 2.75) is 6.61 Å². The Bertz CT molecular complexity index is 1190. The molecule has 0 amide bonds. The summed E-state index contributed by atoms with van der Waals surface area (Å²) in [6.07, 6.45) is 0. The van der Waals surface area contributed by atoms with Crippen LogP contribution in [0.4, 0.5) is 0 Å². The molecule has 0 radical (unpaired) electrons. The number of hydrogen-bond acceptors (Lipinski definition) is 5. The maximum Gasteiger partial charge on any atom is 0.338 e. The number of benzene rings is 3. The molecule has 3 aromatic carbocycles. The molecule has 0 N–H and O–H groups in total. The highest BCUT2D eigenvalue weighted by molar-refractivity contribution is 6.07. The Hall–Kier alpha value is -3.60. The second kappa shape index (κ2) is 6.96. The lowest BCUT2D eigenvalue weighted by atomic mass is 10.0. The Kier molecular flexibility index (Phi) is 4.34. The molecule has 0 bridgehead atoms. The van der Waals surface area contributed by atoms with Gasteiger partial charge in [0.2, 0.25) is 0 Å². The molecule has 0 aliphatic heterocycles. The predicted molar refractivity (Wildman–Crippen MR) is 102 cm³/mol.